The van der Waals surface area contributed by atoms with Gasteiger partial charge in [0.05, 0.1) is 5.57 Å². The highest BCUT2D eigenvalue weighted by atomic mass is 79.9. The smallest absolute Gasteiger partial charge is 0.337 e. The SMILES string of the molecule is CC1=C(C(=O)OC2CCCCC2)C(c2ccccc2Br)C2=C(CCCC2=O)N1. The lowest BCUT2D eigenvalue weighted by atomic mass is 9.75. The zero-order valence-electron chi connectivity index (χ0n) is 16.2. The predicted molar refractivity (Wildman–Crippen MR) is 112 cm³/mol. The lowest BCUT2D eigenvalue weighted by molar-refractivity contribution is -0.146. The molecule has 1 N–H and O–H groups in total. The first-order valence-electron chi connectivity index (χ1n) is 10.3. The van der Waals surface area contributed by atoms with Crippen LogP contribution >= 0.6 is 15.9 Å². The molecule has 28 heavy (non-hydrogen) atoms. The fourth-order valence-electron chi connectivity index (χ4n) is 4.67. The Morgan fingerprint density at radius 1 is 1.11 bits per heavy atom. The summed E-state index contributed by atoms with van der Waals surface area (Å²) in [7, 11) is 0. The van der Waals surface area contributed by atoms with Gasteiger partial charge in [0.15, 0.2) is 5.78 Å². The predicted octanol–water partition coefficient (Wildman–Crippen LogP) is 5.29. The molecule has 5 heteroatoms. The molecular weight excluding hydrogens is 418 g/mol. The van der Waals surface area contributed by atoms with Crippen LogP contribution in [0.4, 0.5) is 0 Å². The van der Waals surface area contributed by atoms with E-state index in [0.29, 0.717) is 12.0 Å². The van der Waals surface area contributed by atoms with Gasteiger partial charge in [-0.3, -0.25) is 4.79 Å². The summed E-state index contributed by atoms with van der Waals surface area (Å²) in [6.07, 6.45) is 7.49. The van der Waals surface area contributed by atoms with Crippen molar-refractivity contribution in [2.75, 3.05) is 0 Å². The molecule has 1 aliphatic heterocycles. The number of halogens is 1. The summed E-state index contributed by atoms with van der Waals surface area (Å²) >= 11 is 3.63. The average Bonchev–Trinajstić information content (AvgIpc) is 2.68. The molecule has 1 heterocycles. The van der Waals surface area contributed by atoms with E-state index >= 15 is 0 Å². The molecule has 148 valence electrons. The van der Waals surface area contributed by atoms with Crippen LogP contribution in [0.25, 0.3) is 0 Å². The van der Waals surface area contributed by atoms with Crippen LogP contribution < -0.4 is 5.32 Å². The monoisotopic (exact) mass is 443 g/mol. The molecule has 1 unspecified atom stereocenters. The molecule has 0 bridgehead atoms. The van der Waals surface area contributed by atoms with Gasteiger partial charge in [-0.05, 0) is 57.1 Å². The van der Waals surface area contributed by atoms with Crippen LogP contribution in [0.1, 0.15) is 69.8 Å². The molecule has 4 nitrogen and oxygen atoms in total. The van der Waals surface area contributed by atoms with E-state index < -0.39 is 0 Å². The Kier molecular flexibility index (Phi) is 5.72. The van der Waals surface area contributed by atoms with E-state index in [1.807, 2.05) is 31.2 Å². The molecule has 0 spiro atoms. The molecule has 4 rings (SSSR count). The summed E-state index contributed by atoms with van der Waals surface area (Å²) < 4.78 is 6.83. The molecule has 0 amide bonds. The van der Waals surface area contributed by atoms with Crippen molar-refractivity contribution < 1.29 is 14.3 Å². The summed E-state index contributed by atoms with van der Waals surface area (Å²) in [5.74, 6) is -0.539. The van der Waals surface area contributed by atoms with Crippen molar-refractivity contribution in [3.8, 4) is 0 Å². The first kappa shape index (κ1) is 19.4. The van der Waals surface area contributed by atoms with Crippen molar-refractivity contribution in [2.45, 2.75) is 70.3 Å². The normalized spacial score (nSPS) is 23.4. The number of hydrogen-bond acceptors (Lipinski definition) is 4. The Labute approximate surface area is 174 Å². The van der Waals surface area contributed by atoms with E-state index in [4.69, 9.17) is 4.74 Å². The van der Waals surface area contributed by atoms with Crippen LogP contribution in [0.3, 0.4) is 0 Å². The van der Waals surface area contributed by atoms with E-state index in [9.17, 15) is 9.59 Å². The quantitative estimate of drug-likeness (QED) is 0.644. The minimum Gasteiger partial charge on any atom is -0.459 e. The van der Waals surface area contributed by atoms with Crippen LogP contribution in [0, 0.1) is 0 Å². The molecule has 1 fully saturated rings. The summed E-state index contributed by atoms with van der Waals surface area (Å²) in [5.41, 5.74) is 4.02. The third-order valence-electron chi connectivity index (χ3n) is 6.04. The zero-order chi connectivity index (χ0) is 19.7. The molecule has 1 aromatic rings. The van der Waals surface area contributed by atoms with Gasteiger partial charge < -0.3 is 10.1 Å². The first-order valence-corrected chi connectivity index (χ1v) is 11.0. The van der Waals surface area contributed by atoms with Crippen LogP contribution in [0.5, 0.6) is 0 Å². The van der Waals surface area contributed by atoms with Crippen molar-refractivity contribution in [1.29, 1.82) is 0 Å². The van der Waals surface area contributed by atoms with E-state index in [-0.39, 0.29) is 23.8 Å². The first-order chi connectivity index (χ1) is 13.6. The number of hydrogen-bond donors (Lipinski definition) is 1. The molecular formula is C23H26BrNO3. The number of allylic oxidation sites excluding steroid dienone is 3. The maximum atomic E-state index is 13.3. The average molecular weight is 444 g/mol. The fourth-order valence-corrected chi connectivity index (χ4v) is 5.19. The van der Waals surface area contributed by atoms with Gasteiger partial charge in [-0.2, -0.15) is 0 Å². The molecule has 3 aliphatic rings. The second-order valence-electron chi connectivity index (χ2n) is 7.95. The number of ether oxygens (including phenoxy) is 1. The van der Waals surface area contributed by atoms with Crippen LogP contribution in [0.15, 0.2) is 51.3 Å². The van der Waals surface area contributed by atoms with E-state index in [1.54, 1.807) is 0 Å². The number of esters is 1. The van der Waals surface area contributed by atoms with Gasteiger partial charge in [0.1, 0.15) is 6.10 Å². The number of carbonyl (C=O) groups excluding carboxylic acids is 2. The Hall–Kier alpha value is -1.88. The molecule has 1 atom stereocenters. The highest BCUT2D eigenvalue weighted by molar-refractivity contribution is 9.10. The van der Waals surface area contributed by atoms with E-state index in [0.717, 1.165) is 65.5 Å². The topological polar surface area (TPSA) is 55.4 Å². The largest absolute Gasteiger partial charge is 0.459 e. The lowest BCUT2D eigenvalue weighted by Crippen LogP contribution is -2.35. The molecule has 0 radical (unpaired) electrons. The number of benzene rings is 1. The molecule has 0 aromatic heterocycles. The third kappa shape index (κ3) is 3.69. The number of ketones is 1. The van der Waals surface area contributed by atoms with Crippen LogP contribution in [0.2, 0.25) is 0 Å². The van der Waals surface area contributed by atoms with Crippen molar-refractivity contribution >= 4 is 27.7 Å². The highest BCUT2D eigenvalue weighted by Crippen LogP contribution is 2.44. The van der Waals surface area contributed by atoms with Crippen LogP contribution in [-0.4, -0.2) is 17.9 Å². The Balaban J connectivity index is 1.75. The molecule has 0 saturated heterocycles. The van der Waals surface area contributed by atoms with Gasteiger partial charge >= 0.3 is 5.97 Å². The van der Waals surface area contributed by atoms with Crippen LogP contribution in [-0.2, 0) is 14.3 Å². The van der Waals surface area contributed by atoms with E-state index in [1.165, 1.54) is 6.42 Å². The van der Waals surface area contributed by atoms with Gasteiger partial charge in [0, 0.05) is 33.8 Å². The number of rotatable bonds is 3. The number of dihydropyridines is 1. The maximum Gasteiger partial charge on any atom is 0.337 e. The van der Waals surface area contributed by atoms with Crippen molar-refractivity contribution in [2.24, 2.45) is 0 Å². The zero-order valence-corrected chi connectivity index (χ0v) is 17.8. The fraction of sp³-hybridized carbons (Fsp3) is 0.478. The molecule has 1 saturated carbocycles. The molecule has 2 aliphatic carbocycles. The Morgan fingerprint density at radius 2 is 1.86 bits per heavy atom. The molecule has 1 aromatic carbocycles. The van der Waals surface area contributed by atoms with Gasteiger partial charge in [-0.25, -0.2) is 4.79 Å². The van der Waals surface area contributed by atoms with Gasteiger partial charge in [-0.15, -0.1) is 0 Å². The highest BCUT2D eigenvalue weighted by Gasteiger charge is 2.40. The lowest BCUT2D eigenvalue weighted by Gasteiger charge is -2.35. The third-order valence-corrected chi connectivity index (χ3v) is 6.76. The summed E-state index contributed by atoms with van der Waals surface area (Å²) in [4.78, 5) is 26.2. The minimum atomic E-state index is -0.379. The van der Waals surface area contributed by atoms with Crippen molar-refractivity contribution in [3.63, 3.8) is 0 Å². The second-order valence-corrected chi connectivity index (χ2v) is 8.81. The summed E-state index contributed by atoms with van der Waals surface area (Å²) in [6.45, 7) is 1.92. The van der Waals surface area contributed by atoms with Gasteiger partial charge in [0.2, 0.25) is 0 Å². The maximum absolute atomic E-state index is 13.3. The van der Waals surface area contributed by atoms with Crippen molar-refractivity contribution in [1.82, 2.24) is 5.32 Å². The summed E-state index contributed by atoms with van der Waals surface area (Å²) in [5, 5.41) is 3.36. The standard InChI is InChI=1S/C23H26BrNO3/c1-14-20(23(27)28-15-8-3-2-4-9-15)21(16-10-5-6-11-17(16)24)22-18(25-14)12-7-13-19(22)26/h5-6,10-11,15,21,25H,2-4,7-9,12-13H2,1H3. The number of carbonyl (C=O) groups is 2. The van der Waals surface area contributed by atoms with Gasteiger partial charge in [0.25, 0.3) is 0 Å². The van der Waals surface area contributed by atoms with Crippen molar-refractivity contribution in [3.05, 3.63) is 56.8 Å². The Morgan fingerprint density at radius 3 is 2.61 bits per heavy atom. The summed E-state index contributed by atoms with van der Waals surface area (Å²) in [6, 6.07) is 7.86. The number of nitrogens with one attached hydrogen (secondary N) is 1. The van der Waals surface area contributed by atoms with E-state index in [2.05, 4.69) is 21.2 Å². The minimum absolute atomic E-state index is 0.0150. The number of Topliss-reactive ketones (excluding diaryl/α,β-unsaturated/α-hetero) is 1. The second kappa shape index (κ2) is 8.24. The van der Waals surface area contributed by atoms with Gasteiger partial charge in [-0.1, -0.05) is 40.5 Å². The Bertz CT molecular complexity index is 864.